The van der Waals surface area contributed by atoms with Crippen molar-refractivity contribution >= 4 is 10.9 Å². The first-order valence-electron chi connectivity index (χ1n) is 7.21. The van der Waals surface area contributed by atoms with Crippen molar-refractivity contribution < 1.29 is 0 Å². The second kappa shape index (κ2) is 5.49. The van der Waals surface area contributed by atoms with Crippen LogP contribution in [0.4, 0.5) is 0 Å². The minimum Gasteiger partial charge on any atom is -0.346 e. The van der Waals surface area contributed by atoms with Crippen molar-refractivity contribution in [2.45, 2.75) is 39.8 Å². The summed E-state index contributed by atoms with van der Waals surface area (Å²) in [7, 11) is 0. The van der Waals surface area contributed by atoms with E-state index in [2.05, 4.69) is 65.4 Å². The summed E-state index contributed by atoms with van der Waals surface area (Å²) in [6.07, 6.45) is 6.32. The normalized spacial score (nSPS) is 11.3. The maximum Gasteiger partial charge on any atom is 0.0827 e. The summed E-state index contributed by atoms with van der Waals surface area (Å²) < 4.78 is 4.21. The van der Waals surface area contributed by atoms with Crippen LogP contribution in [0.1, 0.15) is 24.6 Å². The number of nitrogens with zero attached hydrogens (tertiary/aromatic N) is 4. The van der Waals surface area contributed by atoms with E-state index in [0.29, 0.717) is 0 Å². The number of aromatic nitrogens is 4. The molecule has 0 N–H and O–H groups in total. The Labute approximate surface area is 119 Å². The van der Waals surface area contributed by atoms with E-state index >= 15 is 0 Å². The molecule has 0 saturated heterocycles. The number of hydrogen-bond donors (Lipinski definition) is 0. The summed E-state index contributed by atoms with van der Waals surface area (Å²) in [5, 5.41) is 9.67. The molecule has 0 aliphatic carbocycles. The van der Waals surface area contributed by atoms with E-state index < -0.39 is 0 Å². The molecular weight excluding hydrogens is 248 g/mol. The summed E-state index contributed by atoms with van der Waals surface area (Å²) in [5.41, 5.74) is 3.67. The fourth-order valence-corrected chi connectivity index (χ4v) is 2.54. The molecule has 0 amide bonds. The van der Waals surface area contributed by atoms with Crippen molar-refractivity contribution in [2.24, 2.45) is 0 Å². The van der Waals surface area contributed by atoms with Crippen molar-refractivity contribution in [1.29, 1.82) is 0 Å². The van der Waals surface area contributed by atoms with Gasteiger partial charge < -0.3 is 4.57 Å². The molecule has 2 heterocycles. The predicted octanol–water partition coefficient (Wildman–Crippen LogP) is 3.19. The van der Waals surface area contributed by atoms with Gasteiger partial charge in [0.05, 0.1) is 12.2 Å². The Morgan fingerprint density at radius 1 is 1.15 bits per heavy atom. The Kier molecular flexibility index (Phi) is 3.54. The van der Waals surface area contributed by atoms with Gasteiger partial charge in [0.1, 0.15) is 0 Å². The van der Waals surface area contributed by atoms with Crippen LogP contribution in [0.25, 0.3) is 10.9 Å². The standard InChI is InChI=1S/C16H20N4/c1-3-4-15-12-20(18-17-15)10-9-19-8-7-14-11-13(2)5-6-16(14)19/h5-8,11-12H,3-4,9-10H2,1-2H3. The van der Waals surface area contributed by atoms with Crippen LogP contribution < -0.4 is 0 Å². The van der Waals surface area contributed by atoms with Gasteiger partial charge in [0.25, 0.3) is 0 Å². The fourth-order valence-electron chi connectivity index (χ4n) is 2.54. The molecule has 0 spiro atoms. The Hall–Kier alpha value is -2.10. The Morgan fingerprint density at radius 3 is 2.90 bits per heavy atom. The van der Waals surface area contributed by atoms with Crippen molar-refractivity contribution in [3.05, 3.63) is 47.9 Å². The van der Waals surface area contributed by atoms with Crippen LogP contribution in [0.5, 0.6) is 0 Å². The van der Waals surface area contributed by atoms with Gasteiger partial charge in [-0.1, -0.05) is 30.2 Å². The van der Waals surface area contributed by atoms with Crippen LogP contribution in [0.3, 0.4) is 0 Å². The van der Waals surface area contributed by atoms with Crippen molar-refractivity contribution in [3.8, 4) is 0 Å². The third kappa shape index (κ3) is 2.59. The van der Waals surface area contributed by atoms with Gasteiger partial charge in [0.2, 0.25) is 0 Å². The predicted molar refractivity (Wildman–Crippen MR) is 80.7 cm³/mol. The third-order valence-corrected chi connectivity index (χ3v) is 3.59. The lowest BCUT2D eigenvalue weighted by Crippen LogP contribution is -2.07. The zero-order valence-electron chi connectivity index (χ0n) is 12.1. The van der Waals surface area contributed by atoms with Crippen LogP contribution in [-0.4, -0.2) is 19.6 Å². The molecule has 2 aromatic heterocycles. The molecule has 3 rings (SSSR count). The molecule has 0 atom stereocenters. The van der Waals surface area contributed by atoms with Crippen LogP contribution >= 0.6 is 0 Å². The molecule has 4 nitrogen and oxygen atoms in total. The quantitative estimate of drug-likeness (QED) is 0.712. The Balaban J connectivity index is 1.73. The minimum absolute atomic E-state index is 0.856. The highest BCUT2D eigenvalue weighted by Crippen LogP contribution is 2.17. The monoisotopic (exact) mass is 268 g/mol. The topological polar surface area (TPSA) is 35.6 Å². The minimum atomic E-state index is 0.856. The molecule has 0 radical (unpaired) electrons. The average Bonchev–Trinajstić information content (AvgIpc) is 3.03. The lowest BCUT2D eigenvalue weighted by Gasteiger charge is -2.05. The van der Waals surface area contributed by atoms with Crippen molar-refractivity contribution in [3.63, 3.8) is 0 Å². The largest absolute Gasteiger partial charge is 0.346 e. The van der Waals surface area contributed by atoms with Gasteiger partial charge in [-0.15, -0.1) is 5.10 Å². The number of hydrogen-bond acceptors (Lipinski definition) is 2. The van der Waals surface area contributed by atoms with Gasteiger partial charge in [-0.05, 0) is 36.9 Å². The maximum absolute atomic E-state index is 4.18. The number of rotatable bonds is 5. The van der Waals surface area contributed by atoms with Crippen molar-refractivity contribution in [2.75, 3.05) is 0 Å². The van der Waals surface area contributed by atoms with Crippen LogP contribution in [0.2, 0.25) is 0 Å². The van der Waals surface area contributed by atoms with E-state index in [-0.39, 0.29) is 0 Å². The Bertz CT molecular complexity index is 708. The second-order valence-electron chi connectivity index (χ2n) is 5.29. The lowest BCUT2D eigenvalue weighted by atomic mass is 10.2. The van der Waals surface area contributed by atoms with Gasteiger partial charge in [0.15, 0.2) is 0 Å². The summed E-state index contributed by atoms with van der Waals surface area (Å²) in [4.78, 5) is 0. The van der Waals surface area contributed by atoms with Gasteiger partial charge in [-0.25, -0.2) is 0 Å². The molecular formula is C16H20N4. The third-order valence-electron chi connectivity index (χ3n) is 3.59. The van der Waals surface area contributed by atoms with Gasteiger partial charge in [-0.3, -0.25) is 4.68 Å². The highest BCUT2D eigenvalue weighted by molar-refractivity contribution is 5.80. The van der Waals surface area contributed by atoms with Crippen LogP contribution in [0, 0.1) is 6.92 Å². The smallest absolute Gasteiger partial charge is 0.0827 e. The summed E-state index contributed by atoms with van der Waals surface area (Å²) in [5.74, 6) is 0. The van der Waals surface area contributed by atoms with Gasteiger partial charge in [0, 0.05) is 24.5 Å². The van der Waals surface area contributed by atoms with E-state index in [9.17, 15) is 0 Å². The molecule has 4 heteroatoms. The molecule has 0 unspecified atom stereocenters. The first-order valence-corrected chi connectivity index (χ1v) is 7.21. The van der Waals surface area contributed by atoms with E-state index in [4.69, 9.17) is 0 Å². The second-order valence-corrected chi connectivity index (χ2v) is 5.29. The first kappa shape index (κ1) is 12.9. The lowest BCUT2D eigenvalue weighted by molar-refractivity contribution is 0.527. The van der Waals surface area contributed by atoms with Crippen LogP contribution in [-0.2, 0) is 19.5 Å². The zero-order valence-corrected chi connectivity index (χ0v) is 12.1. The molecule has 20 heavy (non-hydrogen) atoms. The molecule has 0 aliphatic rings. The highest BCUT2D eigenvalue weighted by atomic mass is 15.4. The molecule has 0 fully saturated rings. The number of aryl methyl sites for hydroxylation is 4. The SMILES string of the molecule is CCCc1cn(CCn2ccc3cc(C)ccc32)nn1. The van der Waals surface area contributed by atoms with E-state index in [1.165, 1.54) is 16.5 Å². The molecule has 0 aliphatic heterocycles. The highest BCUT2D eigenvalue weighted by Gasteiger charge is 2.03. The summed E-state index contributed by atoms with van der Waals surface area (Å²) in [6.45, 7) is 6.06. The van der Waals surface area contributed by atoms with Crippen LogP contribution in [0.15, 0.2) is 36.7 Å². The molecule has 0 bridgehead atoms. The zero-order chi connectivity index (χ0) is 13.9. The molecule has 3 aromatic rings. The fraction of sp³-hybridized carbons (Fsp3) is 0.375. The summed E-state index contributed by atoms with van der Waals surface area (Å²) in [6, 6.07) is 8.75. The average molecular weight is 268 g/mol. The van der Waals surface area contributed by atoms with Crippen molar-refractivity contribution in [1.82, 2.24) is 19.6 Å². The first-order chi connectivity index (χ1) is 9.76. The van der Waals surface area contributed by atoms with Gasteiger partial charge in [-0.2, -0.15) is 0 Å². The molecule has 0 saturated carbocycles. The van der Waals surface area contributed by atoms with E-state index in [0.717, 1.165) is 31.6 Å². The molecule has 104 valence electrons. The van der Waals surface area contributed by atoms with Gasteiger partial charge >= 0.3 is 0 Å². The number of benzene rings is 1. The summed E-state index contributed by atoms with van der Waals surface area (Å²) >= 11 is 0. The van der Waals surface area contributed by atoms with E-state index in [1.807, 2.05) is 4.68 Å². The Morgan fingerprint density at radius 2 is 2.05 bits per heavy atom. The molecule has 1 aromatic carbocycles. The van der Waals surface area contributed by atoms with E-state index in [1.54, 1.807) is 0 Å². The number of fused-ring (bicyclic) bond motifs is 1. The maximum atomic E-state index is 4.18.